The highest BCUT2D eigenvalue weighted by molar-refractivity contribution is 5.83. The molecule has 0 amide bonds. The van der Waals surface area contributed by atoms with Crippen LogP contribution >= 0.6 is 0 Å². The molecule has 1 atom stereocenters. The SMILES string of the molecule is CCOC(=O)C(C)c1ccc2oc(-c3ccccc3)cc(=O)c2c1. The molecule has 1 heterocycles. The molecule has 1 aromatic heterocycles. The number of hydrogen-bond donors (Lipinski definition) is 0. The Labute approximate surface area is 139 Å². The molecule has 0 fully saturated rings. The minimum Gasteiger partial charge on any atom is -0.466 e. The molecular formula is C20H18O4. The Kier molecular flexibility index (Phi) is 4.47. The van der Waals surface area contributed by atoms with E-state index in [1.807, 2.05) is 30.3 Å². The molecule has 0 saturated heterocycles. The van der Waals surface area contributed by atoms with E-state index in [4.69, 9.17) is 9.15 Å². The van der Waals surface area contributed by atoms with Gasteiger partial charge in [0.2, 0.25) is 0 Å². The van der Waals surface area contributed by atoms with E-state index in [0.29, 0.717) is 23.3 Å². The van der Waals surface area contributed by atoms with E-state index >= 15 is 0 Å². The van der Waals surface area contributed by atoms with Crippen molar-refractivity contribution in [2.45, 2.75) is 19.8 Å². The molecule has 122 valence electrons. The second-order valence-electron chi connectivity index (χ2n) is 5.57. The van der Waals surface area contributed by atoms with Gasteiger partial charge >= 0.3 is 5.97 Å². The minimum absolute atomic E-state index is 0.131. The van der Waals surface area contributed by atoms with Crippen LogP contribution < -0.4 is 5.43 Å². The van der Waals surface area contributed by atoms with Crippen LogP contribution in [-0.4, -0.2) is 12.6 Å². The standard InChI is InChI=1S/C20H18O4/c1-3-23-20(22)13(2)15-9-10-18-16(11-15)17(21)12-19(24-18)14-7-5-4-6-8-14/h4-13H,3H2,1-2H3. The summed E-state index contributed by atoms with van der Waals surface area (Å²) in [6, 6.07) is 16.2. The van der Waals surface area contributed by atoms with E-state index < -0.39 is 5.92 Å². The number of hydrogen-bond acceptors (Lipinski definition) is 4. The number of ether oxygens (including phenoxy) is 1. The van der Waals surface area contributed by atoms with E-state index in [0.717, 1.165) is 11.1 Å². The predicted octanol–water partition coefficient (Wildman–Crippen LogP) is 4.13. The van der Waals surface area contributed by atoms with Crippen molar-refractivity contribution in [3.63, 3.8) is 0 Å². The number of fused-ring (bicyclic) bond motifs is 1. The number of benzene rings is 2. The molecular weight excluding hydrogens is 304 g/mol. The van der Waals surface area contributed by atoms with Gasteiger partial charge in [-0.3, -0.25) is 9.59 Å². The summed E-state index contributed by atoms with van der Waals surface area (Å²) in [5, 5.41) is 0.461. The first-order valence-corrected chi connectivity index (χ1v) is 7.90. The topological polar surface area (TPSA) is 56.5 Å². The monoisotopic (exact) mass is 322 g/mol. The smallest absolute Gasteiger partial charge is 0.313 e. The van der Waals surface area contributed by atoms with E-state index in [-0.39, 0.29) is 11.4 Å². The highest BCUT2D eigenvalue weighted by Gasteiger charge is 2.17. The van der Waals surface area contributed by atoms with Crippen molar-refractivity contribution in [2.75, 3.05) is 6.61 Å². The molecule has 2 aromatic carbocycles. The van der Waals surface area contributed by atoms with Gasteiger partial charge in [-0.05, 0) is 31.5 Å². The first kappa shape index (κ1) is 16.0. The van der Waals surface area contributed by atoms with Crippen LogP contribution in [-0.2, 0) is 9.53 Å². The lowest BCUT2D eigenvalue weighted by Crippen LogP contribution is -2.13. The molecule has 0 aliphatic carbocycles. The average Bonchev–Trinajstić information content (AvgIpc) is 2.61. The molecule has 0 N–H and O–H groups in total. The van der Waals surface area contributed by atoms with Crippen molar-refractivity contribution in [1.82, 2.24) is 0 Å². The summed E-state index contributed by atoms with van der Waals surface area (Å²) in [5.41, 5.74) is 1.95. The quantitative estimate of drug-likeness (QED) is 0.678. The maximum absolute atomic E-state index is 12.5. The Morgan fingerprint density at radius 3 is 2.58 bits per heavy atom. The number of rotatable bonds is 4. The summed E-state index contributed by atoms with van der Waals surface area (Å²) in [5.74, 6) is -0.205. The second-order valence-corrected chi connectivity index (χ2v) is 5.57. The van der Waals surface area contributed by atoms with Crippen LogP contribution in [0.25, 0.3) is 22.3 Å². The maximum Gasteiger partial charge on any atom is 0.313 e. The molecule has 0 radical (unpaired) electrons. The van der Waals surface area contributed by atoms with E-state index in [2.05, 4.69) is 0 Å². The zero-order chi connectivity index (χ0) is 17.1. The van der Waals surface area contributed by atoms with Gasteiger partial charge in [0.25, 0.3) is 0 Å². The minimum atomic E-state index is -0.428. The molecule has 0 aliphatic heterocycles. The Morgan fingerprint density at radius 1 is 1.12 bits per heavy atom. The zero-order valence-electron chi connectivity index (χ0n) is 13.6. The lowest BCUT2D eigenvalue weighted by molar-refractivity contribution is -0.144. The van der Waals surface area contributed by atoms with Gasteiger partial charge in [0.05, 0.1) is 17.9 Å². The van der Waals surface area contributed by atoms with Gasteiger partial charge in [0.15, 0.2) is 5.43 Å². The summed E-state index contributed by atoms with van der Waals surface area (Å²) in [7, 11) is 0. The van der Waals surface area contributed by atoms with E-state index in [1.54, 1.807) is 32.0 Å². The highest BCUT2D eigenvalue weighted by atomic mass is 16.5. The fourth-order valence-corrected chi connectivity index (χ4v) is 2.59. The fourth-order valence-electron chi connectivity index (χ4n) is 2.59. The fraction of sp³-hybridized carbons (Fsp3) is 0.200. The molecule has 0 bridgehead atoms. The van der Waals surface area contributed by atoms with Crippen molar-refractivity contribution in [1.29, 1.82) is 0 Å². The van der Waals surface area contributed by atoms with Crippen LogP contribution in [0.15, 0.2) is 63.8 Å². The van der Waals surface area contributed by atoms with Crippen LogP contribution in [0.3, 0.4) is 0 Å². The third-order valence-electron chi connectivity index (χ3n) is 3.95. The van der Waals surface area contributed by atoms with Crippen LogP contribution in [0, 0.1) is 0 Å². The third-order valence-corrected chi connectivity index (χ3v) is 3.95. The molecule has 4 heteroatoms. The summed E-state index contributed by atoms with van der Waals surface area (Å²) in [4.78, 5) is 24.3. The Balaban J connectivity index is 2.04. The van der Waals surface area contributed by atoms with Crippen molar-refractivity contribution in [2.24, 2.45) is 0 Å². The lowest BCUT2D eigenvalue weighted by atomic mass is 9.99. The van der Waals surface area contributed by atoms with E-state index in [1.165, 1.54) is 6.07 Å². The molecule has 0 saturated carbocycles. The molecule has 24 heavy (non-hydrogen) atoms. The second kappa shape index (κ2) is 6.71. The van der Waals surface area contributed by atoms with Crippen LogP contribution in [0.4, 0.5) is 0 Å². The van der Waals surface area contributed by atoms with Crippen molar-refractivity contribution in [3.05, 3.63) is 70.4 Å². The van der Waals surface area contributed by atoms with Gasteiger partial charge < -0.3 is 9.15 Å². The van der Waals surface area contributed by atoms with Gasteiger partial charge in [0.1, 0.15) is 11.3 Å². The first-order chi connectivity index (χ1) is 11.6. The molecule has 3 rings (SSSR count). The Morgan fingerprint density at radius 2 is 1.88 bits per heavy atom. The molecule has 4 nitrogen and oxygen atoms in total. The molecule has 0 aliphatic rings. The predicted molar refractivity (Wildman–Crippen MR) is 93.0 cm³/mol. The van der Waals surface area contributed by atoms with Gasteiger partial charge in [-0.15, -0.1) is 0 Å². The van der Waals surface area contributed by atoms with Crippen molar-refractivity contribution in [3.8, 4) is 11.3 Å². The van der Waals surface area contributed by atoms with Crippen LogP contribution in [0.2, 0.25) is 0 Å². The van der Waals surface area contributed by atoms with Crippen LogP contribution in [0.5, 0.6) is 0 Å². The summed E-state index contributed by atoms with van der Waals surface area (Å²) < 4.78 is 10.9. The molecule has 1 unspecified atom stereocenters. The Bertz CT molecular complexity index is 925. The van der Waals surface area contributed by atoms with Crippen LogP contribution in [0.1, 0.15) is 25.3 Å². The van der Waals surface area contributed by atoms with Gasteiger partial charge in [-0.1, -0.05) is 36.4 Å². The van der Waals surface area contributed by atoms with Crippen molar-refractivity contribution >= 4 is 16.9 Å². The number of carbonyl (C=O) groups is 1. The zero-order valence-corrected chi connectivity index (χ0v) is 13.6. The van der Waals surface area contributed by atoms with Gasteiger partial charge in [-0.25, -0.2) is 0 Å². The maximum atomic E-state index is 12.5. The number of esters is 1. The largest absolute Gasteiger partial charge is 0.466 e. The van der Waals surface area contributed by atoms with Gasteiger partial charge in [0, 0.05) is 11.6 Å². The number of carbonyl (C=O) groups excluding carboxylic acids is 1. The highest BCUT2D eigenvalue weighted by Crippen LogP contribution is 2.25. The van der Waals surface area contributed by atoms with Crippen molar-refractivity contribution < 1.29 is 13.9 Å². The normalized spacial score (nSPS) is 12.1. The molecule has 3 aromatic rings. The summed E-state index contributed by atoms with van der Waals surface area (Å²) in [6.07, 6.45) is 0. The first-order valence-electron chi connectivity index (χ1n) is 7.90. The summed E-state index contributed by atoms with van der Waals surface area (Å²) in [6.45, 7) is 3.86. The van der Waals surface area contributed by atoms with Gasteiger partial charge in [-0.2, -0.15) is 0 Å². The Hall–Kier alpha value is -2.88. The third kappa shape index (κ3) is 3.08. The summed E-state index contributed by atoms with van der Waals surface area (Å²) >= 11 is 0. The lowest BCUT2D eigenvalue weighted by Gasteiger charge is -2.11. The van der Waals surface area contributed by atoms with E-state index in [9.17, 15) is 9.59 Å². The average molecular weight is 322 g/mol. The molecule has 0 spiro atoms.